The molecule has 1 aliphatic heterocycles. The minimum absolute atomic E-state index is 0.148. The molecule has 7 nitrogen and oxygen atoms in total. The standard InChI is InChI=1S/C5H12N2O.C4H5NO3.BF4/c1-6-5(8-4)7(2)3;6-3-1-2-4(7)5(3)8;2-1(3,4)5/h1-4H3;8H,1-2H2;/q;;-1/p+1. The van der Waals surface area contributed by atoms with Crippen molar-refractivity contribution in [1.29, 1.82) is 0 Å². The van der Waals surface area contributed by atoms with E-state index in [1.807, 2.05) is 25.7 Å². The zero-order chi connectivity index (χ0) is 17.2. The molecule has 0 aromatic carbocycles. The van der Waals surface area contributed by atoms with E-state index in [2.05, 4.69) is 5.32 Å². The summed E-state index contributed by atoms with van der Waals surface area (Å²) in [6.45, 7) is 0. The molecule has 1 heterocycles. The summed E-state index contributed by atoms with van der Waals surface area (Å²) in [6.07, 6.45) is 0.296. The van der Waals surface area contributed by atoms with Gasteiger partial charge in [-0.05, 0) is 0 Å². The zero-order valence-corrected chi connectivity index (χ0v) is 12.1. The van der Waals surface area contributed by atoms with Crippen LogP contribution in [0.3, 0.4) is 0 Å². The predicted molar refractivity (Wildman–Crippen MR) is 66.2 cm³/mol. The molecule has 0 atom stereocenters. The number of amides is 2. The van der Waals surface area contributed by atoms with Gasteiger partial charge < -0.3 is 22.0 Å². The summed E-state index contributed by atoms with van der Waals surface area (Å²) in [4.78, 5) is 20.5. The van der Waals surface area contributed by atoms with E-state index >= 15 is 0 Å². The molecule has 12 heteroatoms. The highest BCUT2D eigenvalue weighted by atomic mass is 19.5. The average Bonchev–Trinajstić information content (AvgIpc) is 2.60. The van der Waals surface area contributed by atoms with Crippen LogP contribution in [0.2, 0.25) is 0 Å². The number of carbonyl (C=O) groups excluding carboxylic acids is 2. The van der Waals surface area contributed by atoms with E-state index < -0.39 is 19.1 Å². The number of amidine groups is 1. The Kier molecular flexibility index (Phi) is 10.2. The number of hydrogen-bond acceptors (Lipinski definition) is 4. The molecule has 0 radical (unpaired) electrons. The maximum absolute atomic E-state index is 10.2. The Balaban J connectivity index is 0. The first-order valence-corrected chi connectivity index (χ1v) is 5.62. The molecule has 2 N–H and O–H groups in total. The van der Waals surface area contributed by atoms with Crippen molar-refractivity contribution in [2.75, 3.05) is 28.3 Å². The van der Waals surface area contributed by atoms with Crippen LogP contribution >= 0.6 is 0 Å². The van der Waals surface area contributed by atoms with Crippen molar-refractivity contribution in [2.24, 2.45) is 0 Å². The summed E-state index contributed by atoms with van der Waals surface area (Å²) in [7, 11) is 1.27. The first-order valence-electron chi connectivity index (χ1n) is 5.62. The Morgan fingerprint density at radius 1 is 1.24 bits per heavy atom. The molecule has 0 bridgehead atoms. The lowest BCUT2D eigenvalue weighted by atomic mass is 10.3. The molecule has 0 aliphatic carbocycles. The summed E-state index contributed by atoms with van der Waals surface area (Å²) < 4.78 is 45.8. The van der Waals surface area contributed by atoms with Crippen LogP contribution in [0.1, 0.15) is 12.8 Å². The van der Waals surface area contributed by atoms with Crippen molar-refractivity contribution in [2.45, 2.75) is 12.8 Å². The summed E-state index contributed by atoms with van der Waals surface area (Å²) in [5.74, 6) is -1.01. The van der Waals surface area contributed by atoms with Crippen LogP contribution in [0.15, 0.2) is 0 Å². The number of methoxy groups -OCH3 is 1. The van der Waals surface area contributed by atoms with Crippen molar-refractivity contribution < 1.29 is 41.4 Å². The molecule has 0 unspecified atom stereocenters. The number of imide groups is 1. The molecule has 124 valence electrons. The minimum atomic E-state index is -6.00. The largest absolute Gasteiger partial charge is 0.673 e. The summed E-state index contributed by atoms with van der Waals surface area (Å²) in [5.41, 5.74) is 0. The van der Waals surface area contributed by atoms with Gasteiger partial charge in [0.05, 0.1) is 28.3 Å². The van der Waals surface area contributed by atoms with Gasteiger partial charge in [-0.3, -0.25) is 14.8 Å². The Hall–Kier alpha value is -1.85. The minimum Gasteiger partial charge on any atom is -0.435 e. The molecule has 21 heavy (non-hydrogen) atoms. The van der Waals surface area contributed by atoms with Crippen molar-refractivity contribution in [1.82, 2.24) is 10.4 Å². The summed E-state index contributed by atoms with van der Waals surface area (Å²) in [5, 5.41) is 11.4. The third kappa shape index (κ3) is 12.9. The maximum Gasteiger partial charge on any atom is 0.673 e. The van der Waals surface area contributed by atoms with Crippen LogP contribution in [0.25, 0.3) is 0 Å². The molecule has 2 amide bonds. The normalized spacial score (nSPS) is 13.7. The second-order valence-electron chi connectivity index (χ2n) is 3.75. The molecule has 0 spiro atoms. The van der Waals surface area contributed by atoms with Crippen LogP contribution < -0.4 is 5.32 Å². The van der Waals surface area contributed by atoms with E-state index in [1.165, 1.54) is 0 Å². The first kappa shape index (κ1) is 21.5. The topological polar surface area (TPSA) is 81.9 Å². The highest BCUT2D eigenvalue weighted by Crippen LogP contribution is 2.07. The van der Waals surface area contributed by atoms with E-state index in [0.717, 1.165) is 6.02 Å². The van der Waals surface area contributed by atoms with Gasteiger partial charge in [0.25, 0.3) is 11.8 Å². The lowest BCUT2D eigenvalue weighted by Crippen LogP contribution is -2.28. The highest BCUT2D eigenvalue weighted by molar-refractivity contribution is 6.50. The fourth-order valence-electron chi connectivity index (χ4n) is 1.07. The molecule has 1 aliphatic rings. The second kappa shape index (κ2) is 9.97. The van der Waals surface area contributed by atoms with Crippen LogP contribution in [0.4, 0.5) is 17.3 Å². The third-order valence-corrected chi connectivity index (χ3v) is 1.84. The number of hydroxylamine groups is 2. The van der Waals surface area contributed by atoms with Crippen LogP contribution in [0.5, 0.6) is 0 Å². The predicted octanol–water partition coefficient (Wildman–Crippen LogP) is 0.305. The second-order valence-corrected chi connectivity index (χ2v) is 3.75. The van der Waals surface area contributed by atoms with E-state index in [0.29, 0.717) is 0 Å². The molecular formula is C9H18BF4N3O4. The number of halogens is 4. The van der Waals surface area contributed by atoms with Gasteiger partial charge in [0.15, 0.2) is 0 Å². The fourth-order valence-corrected chi connectivity index (χ4v) is 1.07. The Morgan fingerprint density at radius 2 is 1.57 bits per heavy atom. The SMILES string of the molecule is CNC(OC)=[N+](C)C.F[B-](F)(F)F.O=C1CCC(=O)N1O. The molecule has 1 saturated heterocycles. The molecule has 1 fully saturated rings. The molecule has 1 rings (SSSR count). The van der Waals surface area contributed by atoms with E-state index in [1.54, 1.807) is 7.11 Å². The quantitative estimate of drug-likeness (QED) is 0.128. The first-order chi connectivity index (χ1) is 9.43. The third-order valence-electron chi connectivity index (χ3n) is 1.84. The van der Waals surface area contributed by atoms with Crippen molar-refractivity contribution >= 4 is 25.1 Å². The molecular weight excluding hydrogens is 301 g/mol. The van der Waals surface area contributed by atoms with Crippen molar-refractivity contribution in [3.8, 4) is 0 Å². The van der Waals surface area contributed by atoms with Gasteiger partial charge in [0.1, 0.15) is 0 Å². The van der Waals surface area contributed by atoms with Gasteiger partial charge in [-0.25, -0.2) is 9.89 Å². The summed E-state index contributed by atoms with van der Waals surface area (Å²) >= 11 is 0. The Bertz CT molecular complexity index is 358. The molecule has 0 saturated carbocycles. The van der Waals surface area contributed by atoms with Gasteiger partial charge >= 0.3 is 13.3 Å². The van der Waals surface area contributed by atoms with Gasteiger partial charge in [-0.15, -0.1) is 0 Å². The fraction of sp³-hybridized carbons (Fsp3) is 0.667. The average molecular weight is 319 g/mol. The smallest absolute Gasteiger partial charge is 0.435 e. The van der Waals surface area contributed by atoms with E-state index in [4.69, 9.17) is 9.94 Å². The number of nitrogens with zero attached hydrogens (tertiary/aromatic N) is 2. The lowest BCUT2D eigenvalue weighted by Gasteiger charge is -1.98. The number of nitrogens with one attached hydrogen (secondary N) is 1. The monoisotopic (exact) mass is 319 g/mol. The number of ether oxygens (including phenoxy) is 1. The molecule has 0 aromatic rings. The van der Waals surface area contributed by atoms with Crippen molar-refractivity contribution in [3.63, 3.8) is 0 Å². The van der Waals surface area contributed by atoms with Crippen LogP contribution in [-0.2, 0) is 14.3 Å². The highest BCUT2D eigenvalue weighted by Gasteiger charge is 2.26. The number of rotatable bonds is 0. The van der Waals surface area contributed by atoms with E-state index in [-0.39, 0.29) is 17.9 Å². The molecule has 0 aromatic heterocycles. The van der Waals surface area contributed by atoms with Gasteiger partial charge in [0.2, 0.25) is 0 Å². The van der Waals surface area contributed by atoms with E-state index in [9.17, 15) is 26.9 Å². The Morgan fingerprint density at radius 3 is 1.62 bits per heavy atom. The van der Waals surface area contributed by atoms with Gasteiger partial charge in [0, 0.05) is 12.8 Å². The number of carbonyl (C=O) groups is 2. The Labute approximate surface area is 119 Å². The number of hydrogen-bond donors (Lipinski definition) is 2. The van der Waals surface area contributed by atoms with Crippen LogP contribution in [-0.4, -0.2) is 68.2 Å². The lowest BCUT2D eigenvalue weighted by molar-refractivity contribution is -0.476. The summed E-state index contributed by atoms with van der Waals surface area (Å²) in [6, 6.07) is 0.769. The zero-order valence-electron chi connectivity index (χ0n) is 12.1. The van der Waals surface area contributed by atoms with Crippen molar-refractivity contribution in [3.05, 3.63) is 0 Å². The van der Waals surface area contributed by atoms with Crippen LogP contribution in [0, 0.1) is 0 Å². The van der Waals surface area contributed by atoms with Gasteiger partial charge in [-0.1, -0.05) is 0 Å². The van der Waals surface area contributed by atoms with Gasteiger partial charge in [-0.2, -0.15) is 5.06 Å². The maximum atomic E-state index is 10.2.